The molecule has 0 saturated carbocycles. The molecule has 302 valence electrons. The predicted octanol–water partition coefficient (Wildman–Crippen LogP) is 4.49. The van der Waals surface area contributed by atoms with Crippen LogP contribution in [-0.2, 0) is 9.52 Å². The summed E-state index contributed by atoms with van der Waals surface area (Å²) in [6.45, 7) is 20.0. The van der Waals surface area contributed by atoms with Crippen LogP contribution < -0.4 is 0 Å². The van der Waals surface area contributed by atoms with E-state index < -0.39 is 9.52 Å². The number of likely N-dealkylation sites (N-methyl/N-ethyl adjacent to an activating group) is 2. The third-order valence-corrected chi connectivity index (χ3v) is 12.4. The Kier molecular flexibility index (Phi) is 30.9. The van der Waals surface area contributed by atoms with Crippen molar-refractivity contribution in [1.82, 2.24) is 39.2 Å². The number of piperidine rings is 3. The van der Waals surface area contributed by atoms with E-state index in [0.717, 1.165) is 24.6 Å². The maximum absolute atomic E-state index is 11.2. The van der Waals surface area contributed by atoms with Crippen molar-refractivity contribution < 1.29 is 4.21 Å². The molecule has 0 spiro atoms. The third kappa shape index (κ3) is 30.2. The SMILES string of the molecule is C.C=S1(=O)CCN(C)CC1.CN1CCC1.CN1CCCC1.CN1CCCCC1.CN1CCCCC1.CN1CCCCC1.CN1CCN(C)CC1. The van der Waals surface area contributed by atoms with Crippen molar-refractivity contribution in [2.45, 2.75) is 84.5 Å². The van der Waals surface area contributed by atoms with E-state index in [1.165, 1.54) is 169 Å². The lowest BCUT2D eigenvalue weighted by Gasteiger charge is -2.28. The van der Waals surface area contributed by atoms with Gasteiger partial charge in [-0.15, -0.1) is 0 Å². The topological polar surface area (TPSA) is 43.0 Å². The van der Waals surface area contributed by atoms with Crippen molar-refractivity contribution in [3.63, 3.8) is 0 Å². The van der Waals surface area contributed by atoms with Crippen molar-refractivity contribution in [1.29, 1.82) is 0 Å². The molecule has 0 radical (unpaired) electrons. The fourth-order valence-electron chi connectivity index (χ4n) is 6.27. The Hall–Kier alpha value is -0.300. The van der Waals surface area contributed by atoms with Gasteiger partial charge in [-0.2, -0.15) is 0 Å². The molecule has 0 N–H and O–H groups in total. The van der Waals surface area contributed by atoms with Crippen molar-refractivity contribution >= 4 is 15.4 Å². The zero-order valence-electron chi connectivity index (χ0n) is 34.3. The van der Waals surface area contributed by atoms with Crippen molar-refractivity contribution in [2.75, 3.05) is 173 Å². The number of likely N-dealkylation sites (tertiary alicyclic amines) is 5. The number of nitrogens with zero attached hydrogens (tertiary/aromatic N) is 8. The summed E-state index contributed by atoms with van der Waals surface area (Å²) in [5.41, 5.74) is 0. The van der Waals surface area contributed by atoms with Crippen LogP contribution in [0.4, 0.5) is 0 Å². The molecule has 0 aromatic carbocycles. The molecule has 10 heteroatoms. The average Bonchev–Trinajstić information content (AvgIpc) is 3.57. The molecule has 7 saturated heterocycles. The number of rotatable bonds is 0. The van der Waals surface area contributed by atoms with Gasteiger partial charge in [0.15, 0.2) is 0 Å². The lowest BCUT2D eigenvalue weighted by atomic mass is 10.1. The minimum atomic E-state index is -1.66. The predicted molar refractivity (Wildman–Crippen MR) is 227 cm³/mol. The number of hydrogen-bond acceptors (Lipinski definition) is 9. The van der Waals surface area contributed by atoms with Crippen LogP contribution in [0.25, 0.3) is 0 Å². The first kappa shape index (κ1) is 49.7. The van der Waals surface area contributed by atoms with Gasteiger partial charge in [0.05, 0.1) is 0 Å². The molecular weight excluding hydrogens is 641 g/mol. The summed E-state index contributed by atoms with van der Waals surface area (Å²) >= 11 is 0. The molecule has 0 aliphatic carbocycles. The number of hydrogen-bond donors (Lipinski definition) is 0. The van der Waals surface area contributed by atoms with Crippen LogP contribution in [0.5, 0.6) is 0 Å². The molecule has 7 rings (SSSR count). The summed E-state index contributed by atoms with van der Waals surface area (Å²) in [5.74, 6) is 5.23. The molecule has 7 aliphatic heterocycles. The lowest BCUT2D eigenvalue weighted by Crippen LogP contribution is -2.42. The fourth-order valence-corrected chi connectivity index (χ4v) is 7.76. The van der Waals surface area contributed by atoms with Gasteiger partial charge in [0, 0.05) is 50.8 Å². The van der Waals surface area contributed by atoms with Crippen molar-refractivity contribution in [3.05, 3.63) is 0 Å². The van der Waals surface area contributed by atoms with E-state index in [0.29, 0.717) is 0 Å². The average molecular weight is 731 g/mol. The molecule has 50 heavy (non-hydrogen) atoms. The Labute approximate surface area is 315 Å². The largest absolute Gasteiger partial charge is 0.306 e. The van der Waals surface area contributed by atoms with E-state index in [4.69, 9.17) is 0 Å². The summed E-state index contributed by atoms with van der Waals surface area (Å²) in [7, 11) is 15.6. The maximum Gasteiger partial charge on any atom is 0.0287 e. The smallest absolute Gasteiger partial charge is 0.0287 e. The van der Waals surface area contributed by atoms with Crippen LogP contribution in [0.2, 0.25) is 0 Å². The quantitative estimate of drug-likeness (QED) is 0.336. The standard InChI is InChI=1S/C6H14N2.C6H13NOS.3C6H13N.C5H11N.C4H9N.CH4/c1-7-3-5-8(2)6-4-7;1-7-3-5-9(2,8)6-4-7;3*1-7-5-3-2-4-6-7;1-6-4-2-3-5-6;1-5-3-2-4-5;/h3-6H2,1-2H3;2-6H2,1H3;3*2-6H2,1H3;2-5H2,1H3;2-4H2,1H3;1H4. The Morgan fingerprint density at radius 1 is 0.300 bits per heavy atom. The molecular formula is C40H90N8OS. The van der Waals surface area contributed by atoms with Crippen LogP contribution in [0.1, 0.15) is 84.5 Å². The summed E-state index contributed by atoms with van der Waals surface area (Å²) < 4.78 is 11.2. The zero-order chi connectivity index (χ0) is 36.3. The zero-order valence-corrected chi connectivity index (χ0v) is 35.1. The highest BCUT2D eigenvalue weighted by Gasteiger charge is 2.13. The van der Waals surface area contributed by atoms with Crippen LogP contribution in [0.3, 0.4) is 0 Å². The van der Waals surface area contributed by atoms with Crippen molar-refractivity contribution in [3.8, 4) is 0 Å². The molecule has 9 nitrogen and oxygen atoms in total. The van der Waals surface area contributed by atoms with Crippen molar-refractivity contribution in [2.24, 2.45) is 0 Å². The summed E-state index contributed by atoms with van der Waals surface area (Å²) in [4.78, 5) is 18.8. The first-order valence-corrected chi connectivity index (χ1v) is 22.2. The van der Waals surface area contributed by atoms with Crippen LogP contribution in [0, 0.1) is 0 Å². The fraction of sp³-hybridized carbons (Fsp3) is 0.975. The second-order valence-electron chi connectivity index (χ2n) is 16.0. The molecule has 7 heterocycles. The molecule has 7 fully saturated rings. The van der Waals surface area contributed by atoms with E-state index >= 15 is 0 Å². The summed E-state index contributed by atoms with van der Waals surface area (Å²) in [6, 6.07) is 0. The Bertz CT molecular complexity index is 764. The van der Waals surface area contributed by atoms with Gasteiger partial charge in [0.2, 0.25) is 0 Å². The highest BCUT2D eigenvalue weighted by Crippen LogP contribution is 2.06. The van der Waals surface area contributed by atoms with E-state index in [1.807, 2.05) is 0 Å². The summed E-state index contributed by atoms with van der Waals surface area (Å²) in [5, 5.41) is 0. The Morgan fingerprint density at radius 3 is 0.620 bits per heavy atom. The molecule has 0 aromatic heterocycles. The number of piperazine rings is 1. The maximum atomic E-state index is 11.2. The first-order valence-electron chi connectivity index (χ1n) is 20.2. The van der Waals surface area contributed by atoms with Gasteiger partial charge >= 0.3 is 0 Å². The molecule has 0 atom stereocenters. The molecule has 0 amide bonds. The first-order chi connectivity index (χ1) is 23.4. The Morgan fingerprint density at radius 2 is 0.480 bits per heavy atom. The lowest BCUT2D eigenvalue weighted by molar-refractivity contribution is 0.181. The molecule has 7 aliphatic rings. The van der Waals surface area contributed by atoms with Gasteiger partial charge in [-0.3, -0.25) is 4.21 Å². The molecule has 0 bridgehead atoms. The van der Waals surface area contributed by atoms with Gasteiger partial charge < -0.3 is 39.2 Å². The Balaban J connectivity index is 0.000000561. The minimum absolute atomic E-state index is 0. The second kappa shape index (κ2) is 31.1. The highest BCUT2D eigenvalue weighted by atomic mass is 32.2. The highest BCUT2D eigenvalue weighted by molar-refractivity contribution is 8.00. The molecule has 0 unspecified atom stereocenters. The van der Waals surface area contributed by atoms with Crippen LogP contribution in [-0.4, -0.2) is 222 Å². The van der Waals surface area contributed by atoms with E-state index in [1.54, 1.807) is 0 Å². The summed E-state index contributed by atoms with van der Waals surface area (Å²) in [6.07, 6.45) is 17.1. The minimum Gasteiger partial charge on any atom is -0.306 e. The molecule has 0 aromatic rings. The van der Waals surface area contributed by atoms with Gasteiger partial charge in [0.25, 0.3) is 0 Å². The normalized spacial score (nSPS) is 25.5. The van der Waals surface area contributed by atoms with Gasteiger partial charge in [0.1, 0.15) is 0 Å². The van der Waals surface area contributed by atoms with Gasteiger partial charge in [-0.1, -0.05) is 26.7 Å². The van der Waals surface area contributed by atoms with Gasteiger partial charge in [-0.25, -0.2) is 0 Å². The van der Waals surface area contributed by atoms with E-state index in [9.17, 15) is 4.21 Å². The van der Waals surface area contributed by atoms with Gasteiger partial charge in [-0.05, 0) is 195 Å². The third-order valence-electron chi connectivity index (χ3n) is 10.6. The monoisotopic (exact) mass is 731 g/mol. The van der Waals surface area contributed by atoms with E-state index in [-0.39, 0.29) is 7.43 Å². The van der Waals surface area contributed by atoms with E-state index in [2.05, 4.69) is 101 Å². The van der Waals surface area contributed by atoms with Crippen LogP contribution in [0.15, 0.2) is 0 Å². The van der Waals surface area contributed by atoms with Crippen LogP contribution >= 0.6 is 0 Å². The second-order valence-corrected chi connectivity index (χ2v) is 18.8.